The largest absolute Gasteiger partial charge is 0.353 e. The Hall–Kier alpha value is -2.46. The zero-order valence-electron chi connectivity index (χ0n) is 15.0. The topological polar surface area (TPSA) is 73.1 Å². The van der Waals surface area contributed by atoms with Crippen LogP contribution in [0.2, 0.25) is 0 Å². The standard InChI is InChI=1S/C19H21N5OS/c1-12-5-13(2)22-18(17(12)6-20)23-7-14-3-4-16(9-23)24(19(14)25)8-15-10-26-11-21-15/h5,10-11,14,16H,3-4,7-9H2,1-2H3/t14-,16+/m0/s1. The van der Waals surface area contributed by atoms with E-state index in [1.165, 1.54) is 0 Å². The summed E-state index contributed by atoms with van der Waals surface area (Å²) < 4.78 is 0. The van der Waals surface area contributed by atoms with Crippen molar-refractivity contribution in [2.75, 3.05) is 18.0 Å². The van der Waals surface area contributed by atoms with E-state index < -0.39 is 0 Å². The first-order chi connectivity index (χ1) is 12.6. The zero-order valence-corrected chi connectivity index (χ0v) is 15.8. The average Bonchev–Trinajstić information content (AvgIpc) is 2.97. The number of amides is 1. The molecule has 0 saturated carbocycles. The molecular formula is C19H21N5OS. The highest BCUT2D eigenvalue weighted by Crippen LogP contribution is 2.33. The number of rotatable bonds is 3. The summed E-state index contributed by atoms with van der Waals surface area (Å²) in [7, 11) is 0. The lowest BCUT2D eigenvalue weighted by Gasteiger charge is -2.35. The molecule has 0 unspecified atom stereocenters. The zero-order chi connectivity index (χ0) is 18.3. The van der Waals surface area contributed by atoms with Gasteiger partial charge >= 0.3 is 0 Å². The van der Waals surface area contributed by atoms with E-state index in [9.17, 15) is 10.1 Å². The molecule has 0 aromatic carbocycles. The quantitative estimate of drug-likeness (QED) is 0.834. The Balaban J connectivity index is 1.67. The van der Waals surface area contributed by atoms with E-state index in [0.29, 0.717) is 18.7 Å². The maximum atomic E-state index is 13.0. The molecule has 3 aliphatic rings. The maximum Gasteiger partial charge on any atom is 0.228 e. The third-order valence-electron chi connectivity index (χ3n) is 5.35. The van der Waals surface area contributed by atoms with Crippen LogP contribution in [-0.2, 0) is 11.3 Å². The lowest BCUT2D eigenvalue weighted by molar-refractivity contribution is -0.140. The van der Waals surface area contributed by atoms with Crippen molar-refractivity contribution in [1.29, 1.82) is 5.26 Å². The van der Waals surface area contributed by atoms with Crippen molar-refractivity contribution < 1.29 is 4.79 Å². The molecule has 134 valence electrons. The van der Waals surface area contributed by atoms with Gasteiger partial charge in [-0.1, -0.05) is 0 Å². The number of nitriles is 1. The van der Waals surface area contributed by atoms with E-state index >= 15 is 0 Å². The van der Waals surface area contributed by atoms with Gasteiger partial charge in [-0.2, -0.15) is 5.26 Å². The van der Waals surface area contributed by atoms with Crippen LogP contribution in [0.15, 0.2) is 17.0 Å². The van der Waals surface area contributed by atoms with Crippen LogP contribution < -0.4 is 4.90 Å². The van der Waals surface area contributed by atoms with Gasteiger partial charge in [-0.25, -0.2) is 9.97 Å². The first-order valence-corrected chi connectivity index (χ1v) is 9.82. The first-order valence-electron chi connectivity index (χ1n) is 8.87. The number of hydrogen-bond acceptors (Lipinski definition) is 6. The molecule has 0 N–H and O–H groups in total. The highest BCUT2D eigenvalue weighted by atomic mass is 32.1. The van der Waals surface area contributed by atoms with Crippen LogP contribution in [0, 0.1) is 31.1 Å². The number of thiazole rings is 1. The minimum absolute atomic E-state index is 0.0402. The van der Waals surface area contributed by atoms with Crippen molar-refractivity contribution in [1.82, 2.24) is 14.9 Å². The van der Waals surface area contributed by atoms with Crippen molar-refractivity contribution >= 4 is 23.1 Å². The van der Waals surface area contributed by atoms with Gasteiger partial charge in [0.05, 0.1) is 29.2 Å². The van der Waals surface area contributed by atoms with E-state index in [1.54, 1.807) is 16.8 Å². The molecular weight excluding hydrogens is 346 g/mol. The van der Waals surface area contributed by atoms with Crippen LogP contribution in [-0.4, -0.2) is 39.9 Å². The molecule has 3 saturated heterocycles. The fraction of sp³-hybridized carbons (Fsp3) is 0.474. The van der Waals surface area contributed by atoms with Crippen LogP contribution in [0.25, 0.3) is 0 Å². The summed E-state index contributed by atoms with van der Waals surface area (Å²) in [6.45, 7) is 5.82. The number of hydrogen-bond donors (Lipinski definition) is 0. The second kappa shape index (κ2) is 6.69. The molecule has 5 heterocycles. The number of carbonyl (C=O) groups excluding carboxylic acids is 1. The highest BCUT2D eigenvalue weighted by Gasteiger charge is 2.41. The molecule has 5 rings (SSSR count). The third-order valence-corrected chi connectivity index (χ3v) is 5.98. The Morgan fingerprint density at radius 3 is 2.92 bits per heavy atom. The van der Waals surface area contributed by atoms with Gasteiger partial charge in [-0.05, 0) is 38.3 Å². The highest BCUT2D eigenvalue weighted by molar-refractivity contribution is 7.07. The lowest BCUT2D eigenvalue weighted by atomic mass is 9.94. The van der Waals surface area contributed by atoms with E-state index in [1.807, 2.05) is 30.2 Å². The van der Waals surface area contributed by atoms with Crippen molar-refractivity contribution in [3.05, 3.63) is 39.5 Å². The molecule has 3 fully saturated rings. The fourth-order valence-corrected chi connectivity index (χ4v) is 4.65. The second-order valence-electron chi connectivity index (χ2n) is 7.17. The SMILES string of the molecule is Cc1cc(C)c(C#N)c(N2C[C@@H]3CC[C@H](C2)N(Cc2cscn2)C3=O)n1. The Kier molecular flexibility index (Phi) is 4.37. The predicted molar refractivity (Wildman–Crippen MR) is 99.8 cm³/mol. The van der Waals surface area contributed by atoms with Gasteiger partial charge in [-0.15, -0.1) is 11.3 Å². The van der Waals surface area contributed by atoms with Gasteiger partial charge in [0, 0.05) is 30.2 Å². The Morgan fingerprint density at radius 2 is 2.19 bits per heavy atom. The van der Waals surface area contributed by atoms with E-state index in [4.69, 9.17) is 0 Å². The van der Waals surface area contributed by atoms with Gasteiger partial charge in [0.1, 0.15) is 11.9 Å². The summed E-state index contributed by atoms with van der Waals surface area (Å²) in [4.78, 5) is 26.1. The predicted octanol–water partition coefficient (Wildman–Crippen LogP) is 2.65. The van der Waals surface area contributed by atoms with Gasteiger partial charge in [0.15, 0.2) is 0 Å². The van der Waals surface area contributed by atoms with Crippen molar-refractivity contribution in [2.45, 2.75) is 39.3 Å². The van der Waals surface area contributed by atoms with Crippen LogP contribution in [0.1, 0.15) is 35.4 Å². The van der Waals surface area contributed by atoms with Crippen molar-refractivity contribution in [3.8, 4) is 6.07 Å². The molecule has 2 atom stereocenters. The van der Waals surface area contributed by atoms with Crippen molar-refractivity contribution in [2.24, 2.45) is 5.92 Å². The molecule has 6 nitrogen and oxygen atoms in total. The molecule has 2 bridgehead atoms. The number of fused-ring (bicyclic) bond motifs is 4. The van der Waals surface area contributed by atoms with E-state index in [0.717, 1.165) is 42.2 Å². The molecule has 0 spiro atoms. The normalized spacial score (nSPS) is 22.4. The summed E-state index contributed by atoms with van der Waals surface area (Å²) in [6, 6.07) is 4.38. The lowest BCUT2D eigenvalue weighted by Crippen LogP contribution is -2.47. The fourth-order valence-electron chi connectivity index (χ4n) is 4.10. The van der Waals surface area contributed by atoms with Crippen LogP contribution in [0.5, 0.6) is 0 Å². The molecule has 26 heavy (non-hydrogen) atoms. The number of nitrogens with zero attached hydrogens (tertiary/aromatic N) is 5. The molecule has 3 aliphatic heterocycles. The molecule has 0 radical (unpaired) electrons. The number of piperidine rings is 1. The first kappa shape index (κ1) is 17.0. The molecule has 1 amide bonds. The Bertz CT molecular complexity index is 873. The van der Waals surface area contributed by atoms with Crippen LogP contribution in [0.3, 0.4) is 0 Å². The summed E-state index contributed by atoms with van der Waals surface area (Å²) >= 11 is 1.55. The number of carbonyl (C=O) groups is 1. The molecule has 7 heteroatoms. The molecule has 2 aromatic rings. The summed E-state index contributed by atoms with van der Waals surface area (Å²) in [5.74, 6) is 0.895. The molecule has 2 aromatic heterocycles. The minimum atomic E-state index is -0.0402. The van der Waals surface area contributed by atoms with E-state index in [-0.39, 0.29) is 17.9 Å². The summed E-state index contributed by atoms with van der Waals surface area (Å²) in [5, 5.41) is 11.6. The number of aromatic nitrogens is 2. The number of anilines is 1. The smallest absolute Gasteiger partial charge is 0.228 e. The minimum Gasteiger partial charge on any atom is -0.353 e. The molecule has 0 aliphatic carbocycles. The average molecular weight is 367 g/mol. The summed E-state index contributed by atoms with van der Waals surface area (Å²) in [6.07, 6.45) is 1.89. The maximum absolute atomic E-state index is 13.0. The third kappa shape index (κ3) is 2.95. The summed E-state index contributed by atoms with van der Waals surface area (Å²) in [5.41, 5.74) is 5.22. The van der Waals surface area contributed by atoms with Crippen LogP contribution in [0.4, 0.5) is 5.82 Å². The second-order valence-corrected chi connectivity index (χ2v) is 7.89. The number of pyridine rings is 1. The van der Waals surface area contributed by atoms with Gasteiger partial charge in [0.25, 0.3) is 0 Å². The van der Waals surface area contributed by atoms with E-state index in [2.05, 4.69) is 20.9 Å². The Labute approximate surface area is 157 Å². The van der Waals surface area contributed by atoms with Gasteiger partial charge in [0.2, 0.25) is 5.91 Å². The Morgan fingerprint density at radius 1 is 1.35 bits per heavy atom. The van der Waals surface area contributed by atoms with Gasteiger partial charge < -0.3 is 9.80 Å². The number of aryl methyl sites for hydroxylation is 2. The van der Waals surface area contributed by atoms with Gasteiger partial charge in [-0.3, -0.25) is 4.79 Å². The van der Waals surface area contributed by atoms with Crippen molar-refractivity contribution in [3.63, 3.8) is 0 Å². The van der Waals surface area contributed by atoms with Crippen LogP contribution >= 0.6 is 11.3 Å². The monoisotopic (exact) mass is 367 g/mol.